The van der Waals surface area contributed by atoms with Crippen molar-refractivity contribution >= 4 is 55.0 Å². The van der Waals surface area contributed by atoms with Crippen LogP contribution in [-0.4, -0.2) is 18.2 Å². The van der Waals surface area contributed by atoms with Gasteiger partial charge < -0.3 is 0 Å². The summed E-state index contributed by atoms with van der Waals surface area (Å²) in [4.78, 5) is 0.188. The Morgan fingerprint density at radius 3 is 2.52 bits per heavy atom. The number of nitrogens with one attached hydrogen (secondary N) is 1. The van der Waals surface area contributed by atoms with Crippen molar-refractivity contribution in [3.8, 4) is 0 Å². The highest BCUT2D eigenvalue weighted by atomic mass is 79.9. The van der Waals surface area contributed by atoms with Gasteiger partial charge in [-0.05, 0) is 70.7 Å². The summed E-state index contributed by atoms with van der Waals surface area (Å²) in [6, 6.07) is 10.2. The number of benzene rings is 2. The lowest BCUT2D eigenvalue weighted by molar-refractivity contribution is 0.600. The van der Waals surface area contributed by atoms with Crippen molar-refractivity contribution in [2.75, 3.05) is 4.72 Å². The van der Waals surface area contributed by atoms with Gasteiger partial charge in [0.25, 0.3) is 10.0 Å². The minimum absolute atomic E-state index is 0.188. The lowest BCUT2D eigenvalue weighted by Crippen LogP contribution is -2.14. The molecule has 9 heteroatoms. The maximum Gasteiger partial charge on any atom is 0.263 e. The second-order valence-corrected chi connectivity index (χ2v) is 9.49. The molecule has 0 bridgehead atoms. The molecule has 2 aromatic carbocycles. The molecule has 0 saturated carbocycles. The molecule has 0 spiro atoms. The summed E-state index contributed by atoms with van der Waals surface area (Å²) >= 11 is 15.4. The molecule has 3 aromatic rings. The van der Waals surface area contributed by atoms with E-state index in [2.05, 4.69) is 25.8 Å². The van der Waals surface area contributed by atoms with Gasteiger partial charge in [-0.1, -0.05) is 35.3 Å². The predicted molar refractivity (Wildman–Crippen MR) is 112 cm³/mol. The SMILES string of the molecule is Cc1ccc(S(=O)(=O)Nc2nn(Cc3ccc(Cl)cc3Cl)cc2Br)cc1C. The summed E-state index contributed by atoms with van der Waals surface area (Å²) in [5.41, 5.74) is 2.75. The fraction of sp³-hybridized carbons (Fsp3) is 0.167. The monoisotopic (exact) mass is 487 g/mol. The summed E-state index contributed by atoms with van der Waals surface area (Å²) in [6.07, 6.45) is 1.68. The molecule has 1 N–H and O–H groups in total. The molecule has 0 aliphatic heterocycles. The zero-order valence-corrected chi connectivity index (χ0v) is 18.4. The van der Waals surface area contributed by atoms with Crippen LogP contribution in [0.4, 0.5) is 5.82 Å². The molecule has 0 amide bonds. The van der Waals surface area contributed by atoms with Gasteiger partial charge >= 0.3 is 0 Å². The Morgan fingerprint density at radius 1 is 1.11 bits per heavy atom. The number of rotatable bonds is 5. The molecule has 0 aliphatic carbocycles. The molecule has 27 heavy (non-hydrogen) atoms. The molecule has 0 saturated heterocycles. The lowest BCUT2D eigenvalue weighted by Gasteiger charge is -2.08. The topological polar surface area (TPSA) is 64.0 Å². The van der Waals surface area contributed by atoms with E-state index in [1.807, 2.05) is 13.8 Å². The number of hydrogen-bond donors (Lipinski definition) is 1. The van der Waals surface area contributed by atoms with Gasteiger partial charge in [0, 0.05) is 16.2 Å². The first-order chi connectivity index (χ1) is 12.7. The predicted octanol–water partition coefficient (Wildman–Crippen LogP) is 5.42. The quantitative estimate of drug-likeness (QED) is 0.521. The molecule has 0 fully saturated rings. The third-order valence-electron chi connectivity index (χ3n) is 4.08. The molecule has 1 heterocycles. The van der Waals surface area contributed by atoms with Crippen molar-refractivity contribution in [1.29, 1.82) is 0 Å². The van der Waals surface area contributed by atoms with E-state index < -0.39 is 10.0 Å². The molecule has 0 unspecified atom stereocenters. The summed E-state index contributed by atoms with van der Waals surface area (Å²) in [5.74, 6) is 0.207. The molecule has 0 aliphatic rings. The fourth-order valence-electron chi connectivity index (χ4n) is 2.44. The van der Waals surface area contributed by atoms with Gasteiger partial charge in [0.2, 0.25) is 0 Å². The van der Waals surface area contributed by atoms with E-state index in [-0.39, 0.29) is 10.7 Å². The van der Waals surface area contributed by atoms with E-state index in [1.165, 1.54) is 0 Å². The van der Waals surface area contributed by atoms with Crippen LogP contribution in [0.1, 0.15) is 16.7 Å². The molecule has 0 radical (unpaired) electrons. The summed E-state index contributed by atoms with van der Waals surface area (Å²) in [7, 11) is -3.75. The normalized spacial score (nSPS) is 11.6. The van der Waals surface area contributed by atoms with E-state index in [0.29, 0.717) is 21.1 Å². The molecule has 142 valence electrons. The van der Waals surface area contributed by atoms with Crippen LogP contribution in [0.15, 0.2) is 52.0 Å². The number of sulfonamides is 1. The number of hydrogen-bond acceptors (Lipinski definition) is 3. The third kappa shape index (κ3) is 4.66. The lowest BCUT2D eigenvalue weighted by atomic mass is 10.1. The van der Waals surface area contributed by atoms with Crippen molar-refractivity contribution in [2.45, 2.75) is 25.3 Å². The van der Waals surface area contributed by atoms with Gasteiger partial charge in [0.15, 0.2) is 5.82 Å². The van der Waals surface area contributed by atoms with Crippen molar-refractivity contribution in [3.63, 3.8) is 0 Å². The summed E-state index contributed by atoms with van der Waals surface area (Å²) < 4.78 is 30.0. The number of nitrogens with zero attached hydrogens (tertiary/aromatic N) is 2. The van der Waals surface area contributed by atoms with Crippen molar-refractivity contribution in [3.05, 3.63) is 73.8 Å². The van der Waals surface area contributed by atoms with Crippen molar-refractivity contribution in [1.82, 2.24) is 9.78 Å². The summed E-state index contributed by atoms with van der Waals surface area (Å²) in [6.45, 7) is 4.17. The number of halogens is 3. The van der Waals surface area contributed by atoms with Gasteiger partial charge in [-0.3, -0.25) is 9.40 Å². The van der Waals surface area contributed by atoms with Gasteiger partial charge in [-0.2, -0.15) is 5.10 Å². The average Bonchev–Trinajstić information content (AvgIpc) is 2.91. The van der Waals surface area contributed by atoms with E-state index in [9.17, 15) is 8.42 Å². The van der Waals surface area contributed by atoms with Gasteiger partial charge in [-0.25, -0.2) is 8.42 Å². The third-order valence-corrected chi connectivity index (χ3v) is 6.59. The molecule has 5 nitrogen and oxygen atoms in total. The fourth-order valence-corrected chi connectivity index (χ4v) is 4.56. The number of aryl methyl sites for hydroxylation is 2. The number of aromatic nitrogens is 2. The van der Waals surface area contributed by atoms with E-state index in [1.54, 1.807) is 47.3 Å². The van der Waals surface area contributed by atoms with E-state index in [4.69, 9.17) is 23.2 Å². The van der Waals surface area contributed by atoms with Crippen LogP contribution in [0.25, 0.3) is 0 Å². The largest absolute Gasteiger partial charge is 0.265 e. The van der Waals surface area contributed by atoms with Crippen LogP contribution < -0.4 is 4.72 Å². The smallest absolute Gasteiger partial charge is 0.263 e. The highest BCUT2D eigenvalue weighted by molar-refractivity contribution is 9.10. The minimum Gasteiger partial charge on any atom is -0.265 e. The van der Waals surface area contributed by atoms with Crippen molar-refractivity contribution < 1.29 is 8.42 Å². The van der Waals surface area contributed by atoms with Crippen molar-refractivity contribution in [2.24, 2.45) is 0 Å². The van der Waals surface area contributed by atoms with Gasteiger partial charge in [0.1, 0.15) is 0 Å². The van der Waals surface area contributed by atoms with Crippen LogP contribution in [0, 0.1) is 13.8 Å². The Balaban J connectivity index is 1.84. The Bertz CT molecular complexity index is 1110. The van der Waals surface area contributed by atoms with Crippen LogP contribution in [-0.2, 0) is 16.6 Å². The first-order valence-corrected chi connectivity index (χ1v) is 11.0. The standard InChI is InChI=1S/C18H16BrCl2N3O2S/c1-11-3-6-15(7-12(11)2)27(25,26)23-18-16(19)10-24(22-18)9-13-4-5-14(20)8-17(13)21/h3-8,10H,9H2,1-2H3,(H,22,23). The molecular formula is C18H16BrCl2N3O2S. The van der Waals surface area contributed by atoms with Crippen LogP contribution in [0.5, 0.6) is 0 Å². The Labute approximate surface area is 176 Å². The Kier molecular flexibility index (Phi) is 5.86. The zero-order valence-electron chi connectivity index (χ0n) is 14.5. The highest BCUT2D eigenvalue weighted by Gasteiger charge is 2.19. The first-order valence-electron chi connectivity index (χ1n) is 7.92. The van der Waals surface area contributed by atoms with Crippen LogP contribution in [0.2, 0.25) is 10.0 Å². The Hall–Kier alpha value is -1.54. The Morgan fingerprint density at radius 2 is 1.85 bits per heavy atom. The molecule has 1 aromatic heterocycles. The van der Waals surface area contributed by atoms with E-state index in [0.717, 1.165) is 16.7 Å². The highest BCUT2D eigenvalue weighted by Crippen LogP contribution is 2.26. The zero-order chi connectivity index (χ0) is 19.8. The molecule has 0 atom stereocenters. The van der Waals surface area contributed by atoms with Crippen LogP contribution >= 0.6 is 39.1 Å². The maximum absolute atomic E-state index is 12.7. The second-order valence-electron chi connectivity index (χ2n) is 6.11. The minimum atomic E-state index is -3.75. The maximum atomic E-state index is 12.7. The summed E-state index contributed by atoms with van der Waals surface area (Å²) in [5, 5.41) is 5.38. The second kappa shape index (κ2) is 7.83. The van der Waals surface area contributed by atoms with E-state index >= 15 is 0 Å². The first kappa shape index (κ1) is 20.2. The average molecular weight is 489 g/mol. The van der Waals surface area contributed by atoms with Gasteiger partial charge in [0.05, 0.1) is 15.9 Å². The van der Waals surface area contributed by atoms with Crippen LogP contribution in [0.3, 0.4) is 0 Å². The molecule has 3 rings (SSSR count). The number of anilines is 1. The molecular weight excluding hydrogens is 473 g/mol. The van der Waals surface area contributed by atoms with Gasteiger partial charge in [-0.15, -0.1) is 0 Å².